The zero-order valence-electron chi connectivity index (χ0n) is 13.1. The van der Waals surface area contributed by atoms with Crippen molar-refractivity contribution < 1.29 is 15.0 Å². The van der Waals surface area contributed by atoms with Crippen molar-refractivity contribution in [1.29, 1.82) is 0 Å². The molecule has 2 amide bonds. The molecule has 3 atom stereocenters. The molecule has 5 heteroatoms. The van der Waals surface area contributed by atoms with Crippen LogP contribution in [-0.2, 0) is 0 Å². The summed E-state index contributed by atoms with van der Waals surface area (Å²) in [4.78, 5) is 14.0. The van der Waals surface area contributed by atoms with Crippen LogP contribution in [0.1, 0.15) is 37.7 Å². The number of carbonyl (C=O) groups excluding carboxylic acids is 1. The minimum Gasteiger partial charge on any atom is -0.394 e. The predicted molar refractivity (Wildman–Crippen MR) is 85.7 cm³/mol. The van der Waals surface area contributed by atoms with Gasteiger partial charge in [-0.25, -0.2) is 4.79 Å². The molecule has 2 rings (SSSR count). The van der Waals surface area contributed by atoms with Crippen LogP contribution >= 0.6 is 0 Å². The fraction of sp³-hybridized carbons (Fsp3) is 0.588. The first-order valence-corrected chi connectivity index (χ1v) is 8.00. The fourth-order valence-corrected chi connectivity index (χ4v) is 3.08. The highest BCUT2D eigenvalue weighted by Crippen LogP contribution is 2.21. The lowest BCUT2D eigenvalue weighted by Crippen LogP contribution is -2.45. The topological polar surface area (TPSA) is 72.8 Å². The van der Waals surface area contributed by atoms with E-state index in [0.717, 1.165) is 18.4 Å². The van der Waals surface area contributed by atoms with Gasteiger partial charge in [-0.2, -0.15) is 0 Å². The maximum Gasteiger partial charge on any atom is 0.317 e. The van der Waals surface area contributed by atoms with E-state index in [-0.39, 0.29) is 24.6 Å². The van der Waals surface area contributed by atoms with E-state index in [1.54, 1.807) is 11.8 Å². The second-order valence-corrected chi connectivity index (χ2v) is 6.05. The van der Waals surface area contributed by atoms with Gasteiger partial charge in [-0.15, -0.1) is 0 Å². The number of aliphatic hydroxyl groups is 2. The van der Waals surface area contributed by atoms with Crippen LogP contribution in [0, 0.1) is 0 Å². The minimum atomic E-state index is -0.418. The van der Waals surface area contributed by atoms with E-state index in [0.29, 0.717) is 19.5 Å². The first kappa shape index (κ1) is 16.8. The van der Waals surface area contributed by atoms with Crippen LogP contribution < -0.4 is 5.32 Å². The normalized spacial score (nSPS) is 20.7. The van der Waals surface area contributed by atoms with E-state index in [9.17, 15) is 15.0 Å². The Balaban J connectivity index is 1.95. The van der Waals surface area contributed by atoms with Gasteiger partial charge in [-0.3, -0.25) is 0 Å². The molecule has 1 saturated heterocycles. The first-order chi connectivity index (χ1) is 10.6. The average molecular weight is 306 g/mol. The number of carbonyl (C=O) groups is 1. The van der Waals surface area contributed by atoms with Gasteiger partial charge >= 0.3 is 6.03 Å². The van der Waals surface area contributed by atoms with E-state index >= 15 is 0 Å². The molecule has 0 bridgehead atoms. The summed E-state index contributed by atoms with van der Waals surface area (Å²) < 4.78 is 0. The van der Waals surface area contributed by atoms with E-state index in [4.69, 9.17) is 0 Å². The summed E-state index contributed by atoms with van der Waals surface area (Å²) in [5.74, 6) is 0.0836. The Bertz CT molecular complexity index is 464. The molecule has 0 radical (unpaired) electrons. The summed E-state index contributed by atoms with van der Waals surface area (Å²) in [6, 6.07) is 9.74. The van der Waals surface area contributed by atoms with Crippen LogP contribution in [0.5, 0.6) is 0 Å². The van der Waals surface area contributed by atoms with E-state index in [1.165, 1.54) is 0 Å². The highest BCUT2D eigenvalue weighted by Gasteiger charge is 2.28. The van der Waals surface area contributed by atoms with Crippen LogP contribution in [0.15, 0.2) is 30.3 Å². The van der Waals surface area contributed by atoms with Gasteiger partial charge in [-0.05, 0) is 31.7 Å². The molecule has 1 aliphatic rings. The molecule has 22 heavy (non-hydrogen) atoms. The second-order valence-electron chi connectivity index (χ2n) is 6.05. The Morgan fingerprint density at radius 2 is 2.14 bits per heavy atom. The maximum absolute atomic E-state index is 12.3. The summed E-state index contributed by atoms with van der Waals surface area (Å²) in [7, 11) is 0. The highest BCUT2D eigenvalue weighted by molar-refractivity contribution is 5.75. The molecule has 3 N–H and O–H groups in total. The summed E-state index contributed by atoms with van der Waals surface area (Å²) in [5.41, 5.74) is 1.11. The average Bonchev–Trinajstić information content (AvgIpc) is 3.00. The Labute approximate surface area is 131 Å². The van der Waals surface area contributed by atoms with Crippen LogP contribution in [0.3, 0.4) is 0 Å². The number of hydrogen-bond acceptors (Lipinski definition) is 3. The quantitative estimate of drug-likeness (QED) is 0.749. The molecule has 1 fully saturated rings. The third-order valence-corrected chi connectivity index (χ3v) is 4.25. The van der Waals surface area contributed by atoms with Crippen molar-refractivity contribution >= 4 is 6.03 Å². The second kappa shape index (κ2) is 8.15. The number of amides is 2. The van der Waals surface area contributed by atoms with E-state index < -0.39 is 6.10 Å². The van der Waals surface area contributed by atoms with Gasteiger partial charge in [-0.1, -0.05) is 30.3 Å². The molecule has 1 heterocycles. The van der Waals surface area contributed by atoms with Gasteiger partial charge in [0.1, 0.15) is 0 Å². The lowest BCUT2D eigenvalue weighted by Gasteiger charge is -2.25. The summed E-state index contributed by atoms with van der Waals surface area (Å²) >= 11 is 0. The van der Waals surface area contributed by atoms with Gasteiger partial charge in [0.05, 0.1) is 18.8 Å². The van der Waals surface area contributed by atoms with Crippen molar-refractivity contribution in [3.8, 4) is 0 Å². The monoisotopic (exact) mass is 306 g/mol. The molecule has 0 unspecified atom stereocenters. The molecule has 0 aromatic heterocycles. The number of benzene rings is 1. The van der Waals surface area contributed by atoms with Crippen molar-refractivity contribution in [3.63, 3.8) is 0 Å². The number of urea groups is 1. The number of aliphatic hydroxyl groups excluding tert-OH is 2. The molecule has 1 aliphatic heterocycles. The molecular weight excluding hydrogens is 280 g/mol. The van der Waals surface area contributed by atoms with Crippen molar-refractivity contribution in [2.45, 2.75) is 44.2 Å². The number of hydrogen-bond donors (Lipinski definition) is 3. The summed E-state index contributed by atoms with van der Waals surface area (Å²) in [6.07, 6.45) is 1.99. The molecule has 5 nitrogen and oxygen atoms in total. The summed E-state index contributed by atoms with van der Waals surface area (Å²) in [5, 5.41) is 21.9. The molecular formula is C17H26N2O3. The third-order valence-electron chi connectivity index (χ3n) is 4.25. The Kier molecular flexibility index (Phi) is 6.21. The SMILES string of the molecule is C[C@H](O)C[C@H](CNC(=O)N1CCC[C@@H]1CO)c1ccccc1. The van der Waals surface area contributed by atoms with Gasteiger partial charge < -0.3 is 20.4 Å². The molecule has 1 aromatic carbocycles. The van der Waals surface area contributed by atoms with Gasteiger partial charge in [0.25, 0.3) is 0 Å². The predicted octanol–water partition coefficient (Wildman–Crippen LogP) is 1.71. The molecule has 0 saturated carbocycles. The fourth-order valence-electron chi connectivity index (χ4n) is 3.08. The third kappa shape index (κ3) is 4.45. The Morgan fingerprint density at radius 1 is 1.41 bits per heavy atom. The maximum atomic E-state index is 12.3. The number of rotatable bonds is 6. The Morgan fingerprint density at radius 3 is 2.77 bits per heavy atom. The zero-order chi connectivity index (χ0) is 15.9. The molecule has 0 spiro atoms. The Hall–Kier alpha value is -1.59. The largest absolute Gasteiger partial charge is 0.394 e. The summed E-state index contributed by atoms with van der Waals surface area (Å²) in [6.45, 7) is 2.97. The molecule has 122 valence electrons. The number of nitrogens with one attached hydrogen (secondary N) is 1. The smallest absolute Gasteiger partial charge is 0.317 e. The van der Waals surface area contributed by atoms with Crippen molar-refractivity contribution in [1.82, 2.24) is 10.2 Å². The minimum absolute atomic E-state index is 0.0171. The van der Waals surface area contributed by atoms with Crippen LogP contribution in [-0.4, -0.2) is 53.0 Å². The van der Waals surface area contributed by atoms with E-state index in [2.05, 4.69) is 5.32 Å². The lowest BCUT2D eigenvalue weighted by atomic mass is 9.93. The van der Waals surface area contributed by atoms with Gasteiger partial charge in [0.2, 0.25) is 0 Å². The van der Waals surface area contributed by atoms with E-state index in [1.807, 2.05) is 30.3 Å². The number of likely N-dealkylation sites (tertiary alicyclic amines) is 1. The zero-order valence-corrected chi connectivity index (χ0v) is 13.1. The standard InChI is InChI=1S/C17H26N2O3/c1-13(21)10-15(14-6-3-2-4-7-14)11-18-17(22)19-9-5-8-16(19)12-20/h2-4,6-7,13,15-16,20-21H,5,8-12H2,1H3,(H,18,22)/t13-,15+,16+/m0/s1. The van der Waals surface area contributed by atoms with Crippen LogP contribution in [0.2, 0.25) is 0 Å². The van der Waals surface area contributed by atoms with Crippen LogP contribution in [0.4, 0.5) is 4.79 Å². The van der Waals surface area contributed by atoms with Crippen molar-refractivity contribution in [3.05, 3.63) is 35.9 Å². The first-order valence-electron chi connectivity index (χ1n) is 8.00. The highest BCUT2D eigenvalue weighted by atomic mass is 16.3. The van der Waals surface area contributed by atoms with Gasteiger partial charge in [0, 0.05) is 19.0 Å². The molecule has 1 aromatic rings. The van der Waals surface area contributed by atoms with Crippen LogP contribution in [0.25, 0.3) is 0 Å². The lowest BCUT2D eigenvalue weighted by molar-refractivity contribution is 0.153. The van der Waals surface area contributed by atoms with Crippen molar-refractivity contribution in [2.24, 2.45) is 0 Å². The van der Waals surface area contributed by atoms with Crippen molar-refractivity contribution in [2.75, 3.05) is 19.7 Å². The van der Waals surface area contributed by atoms with Gasteiger partial charge in [0.15, 0.2) is 0 Å². The number of nitrogens with zero attached hydrogens (tertiary/aromatic N) is 1. The molecule has 0 aliphatic carbocycles.